The van der Waals surface area contributed by atoms with Gasteiger partial charge < -0.3 is 18.6 Å². The maximum absolute atomic E-state index is 12.4. The zero-order chi connectivity index (χ0) is 18.1. The van der Waals surface area contributed by atoms with Gasteiger partial charge in [0.1, 0.15) is 24.3 Å². The largest absolute Gasteiger partial charge is 0.486 e. The summed E-state index contributed by atoms with van der Waals surface area (Å²) in [6, 6.07) is 9.50. The molecular formula is C17H12N2O7. The molecule has 9 heteroatoms. The number of aromatic nitrogens is 1. The van der Waals surface area contributed by atoms with Crippen LogP contribution in [-0.4, -0.2) is 29.1 Å². The van der Waals surface area contributed by atoms with Gasteiger partial charge in [-0.15, -0.1) is 0 Å². The minimum absolute atomic E-state index is 0.194. The van der Waals surface area contributed by atoms with Crippen molar-refractivity contribution >= 4 is 22.8 Å². The Morgan fingerprint density at radius 2 is 1.92 bits per heavy atom. The van der Waals surface area contributed by atoms with Crippen LogP contribution < -0.4 is 9.47 Å². The summed E-state index contributed by atoms with van der Waals surface area (Å²) in [6.07, 6.45) is 0. The van der Waals surface area contributed by atoms with E-state index in [9.17, 15) is 14.9 Å². The summed E-state index contributed by atoms with van der Waals surface area (Å²) in [6.45, 7) is 0.326. The minimum Gasteiger partial charge on any atom is -0.486 e. The Labute approximate surface area is 146 Å². The number of oxazole rings is 1. The quantitative estimate of drug-likeness (QED) is 0.398. The molecule has 1 aliphatic rings. The molecule has 0 fully saturated rings. The summed E-state index contributed by atoms with van der Waals surface area (Å²) in [5.74, 6) is -0.204. The smallest absolute Gasteiger partial charge is 0.345 e. The minimum atomic E-state index is -0.879. The number of nitrogens with zero attached hydrogens (tertiary/aromatic N) is 2. The first-order valence-electron chi connectivity index (χ1n) is 7.71. The molecule has 1 aliphatic heterocycles. The molecule has 0 N–H and O–H groups in total. The van der Waals surface area contributed by atoms with E-state index < -0.39 is 16.6 Å². The van der Waals surface area contributed by atoms with Crippen LogP contribution >= 0.6 is 0 Å². The summed E-state index contributed by atoms with van der Waals surface area (Å²) >= 11 is 0. The highest BCUT2D eigenvalue weighted by molar-refractivity contribution is 5.95. The van der Waals surface area contributed by atoms with Gasteiger partial charge in [-0.2, -0.15) is 0 Å². The van der Waals surface area contributed by atoms with Gasteiger partial charge in [0.05, 0.1) is 11.0 Å². The summed E-state index contributed by atoms with van der Waals surface area (Å²) in [5.41, 5.74) is 0.542. The zero-order valence-corrected chi connectivity index (χ0v) is 13.3. The third-order valence-electron chi connectivity index (χ3n) is 3.74. The Balaban J connectivity index is 1.58. The second-order valence-electron chi connectivity index (χ2n) is 5.42. The molecule has 2 aromatic carbocycles. The lowest BCUT2D eigenvalue weighted by molar-refractivity contribution is -0.385. The van der Waals surface area contributed by atoms with Gasteiger partial charge in [-0.1, -0.05) is 12.1 Å². The number of carbonyl (C=O) groups excluding carboxylic acids is 1. The first-order valence-corrected chi connectivity index (χ1v) is 7.71. The standard InChI is InChI=1S/C17H12N2O7/c20-17(25-9-16-18-11-3-1-2-4-13(11)26-16)10-7-14-15(24-6-5-23-14)8-12(10)19(21)22/h1-4,7-8H,5-6,9H2. The van der Waals surface area contributed by atoms with Crippen LogP contribution in [-0.2, 0) is 11.3 Å². The van der Waals surface area contributed by atoms with Gasteiger partial charge in [-0.05, 0) is 12.1 Å². The number of ether oxygens (including phenoxy) is 3. The second-order valence-corrected chi connectivity index (χ2v) is 5.42. The predicted molar refractivity (Wildman–Crippen MR) is 87.2 cm³/mol. The van der Waals surface area contributed by atoms with Crippen LogP contribution in [0.3, 0.4) is 0 Å². The molecule has 0 amide bonds. The molecule has 0 atom stereocenters. The molecule has 0 spiro atoms. The summed E-state index contributed by atoms with van der Waals surface area (Å²) in [5, 5.41) is 11.3. The number of nitro benzene ring substituents is 1. The van der Waals surface area contributed by atoms with Crippen LogP contribution in [0.1, 0.15) is 16.2 Å². The fourth-order valence-corrected chi connectivity index (χ4v) is 2.58. The van der Waals surface area contributed by atoms with Crippen molar-refractivity contribution in [1.29, 1.82) is 0 Å². The maximum Gasteiger partial charge on any atom is 0.345 e. The molecule has 0 saturated carbocycles. The van der Waals surface area contributed by atoms with E-state index in [1.807, 2.05) is 0 Å². The van der Waals surface area contributed by atoms with Crippen molar-refractivity contribution in [2.24, 2.45) is 0 Å². The third kappa shape index (κ3) is 2.90. The van der Waals surface area contributed by atoms with Crippen molar-refractivity contribution in [1.82, 2.24) is 4.98 Å². The van der Waals surface area contributed by atoms with Gasteiger partial charge in [0.15, 0.2) is 23.7 Å². The normalized spacial score (nSPS) is 12.8. The molecular weight excluding hydrogens is 344 g/mol. The van der Waals surface area contributed by atoms with E-state index in [1.165, 1.54) is 6.07 Å². The van der Waals surface area contributed by atoms with Crippen LogP contribution in [0.25, 0.3) is 11.1 Å². The predicted octanol–water partition coefficient (Wildman–Crippen LogP) is 2.86. The molecule has 0 bridgehead atoms. The van der Waals surface area contributed by atoms with Gasteiger partial charge >= 0.3 is 5.97 Å². The van der Waals surface area contributed by atoms with Crippen molar-refractivity contribution in [3.63, 3.8) is 0 Å². The van der Waals surface area contributed by atoms with E-state index in [2.05, 4.69) is 4.98 Å². The first kappa shape index (κ1) is 15.9. The second kappa shape index (κ2) is 6.36. The average molecular weight is 356 g/mol. The summed E-state index contributed by atoms with van der Waals surface area (Å²) < 4.78 is 21.3. The number of para-hydroxylation sites is 2. The van der Waals surface area contributed by atoms with Crippen molar-refractivity contribution in [2.45, 2.75) is 6.61 Å². The summed E-state index contributed by atoms with van der Waals surface area (Å²) in [7, 11) is 0. The molecule has 9 nitrogen and oxygen atoms in total. The Hall–Kier alpha value is -3.62. The summed E-state index contributed by atoms with van der Waals surface area (Å²) in [4.78, 5) is 27.1. The third-order valence-corrected chi connectivity index (χ3v) is 3.74. The first-order chi connectivity index (χ1) is 12.6. The number of fused-ring (bicyclic) bond motifs is 2. The molecule has 3 aromatic rings. The van der Waals surface area contributed by atoms with Crippen molar-refractivity contribution in [3.05, 3.63) is 58.0 Å². The van der Waals surface area contributed by atoms with Gasteiger partial charge in [-0.3, -0.25) is 10.1 Å². The molecule has 0 unspecified atom stereocenters. The Bertz CT molecular complexity index is 979. The molecule has 4 rings (SSSR count). The SMILES string of the molecule is O=C(OCc1nc2ccccc2o1)c1cc2c(cc1[N+](=O)[O-])OCCO2. The van der Waals surface area contributed by atoms with Gasteiger partial charge in [-0.25, -0.2) is 9.78 Å². The van der Waals surface area contributed by atoms with E-state index in [4.69, 9.17) is 18.6 Å². The van der Waals surface area contributed by atoms with Crippen LogP contribution in [0.4, 0.5) is 5.69 Å². The number of hydrogen-bond donors (Lipinski definition) is 0. The van der Waals surface area contributed by atoms with Crippen LogP contribution in [0, 0.1) is 10.1 Å². The van der Waals surface area contributed by atoms with Gasteiger partial charge in [0, 0.05) is 6.07 Å². The fraction of sp³-hybridized carbons (Fsp3) is 0.176. The molecule has 0 saturated heterocycles. The Morgan fingerprint density at radius 3 is 2.65 bits per heavy atom. The number of nitro groups is 1. The van der Waals surface area contributed by atoms with E-state index in [0.717, 1.165) is 6.07 Å². The topological polar surface area (TPSA) is 114 Å². The molecule has 2 heterocycles. The highest BCUT2D eigenvalue weighted by Gasteiger charge is 2.27. The maximum atomic E-state index is 12.4. The lowest BCUT2D eigenvalue weighted by atomic mass is 10.1. The lowest BCUT2D eigenvalue weighted by Crippen LogP contribution is -2.17. The van der Waals surface area contributed by atoms with Gasteiger partial charge in [0.25, 0.3) is 5.69 Å². The Morgan fingerprint density at radius 1 is 1.19 bits per heavy atom. The highest BCUT2D eigenvalue weighted by atomic mass is 16.6. The number of rotatable bonds is 4. The molecule has 132 valence electrons. The number of carbonyl (C=O) groups is 1. The zero-order valence-electron chi connectivity index (χ0n) is 13.3. The average Bonchev–Trinajstić information content (AvgIpc) is 3.08. The van der Waals surface area contributed by atoms with Crippen molar-refractivity contribution in [3.8, 4) is 11.5 Å². The number of esters is 1. The van der Waals surface area contributed by atoms with Crippen LogP contribution in [0.2, 0.25) is 0 Å². The van der Waals surface area contributed by atoms with Crippen LogP contribution in [0.5, 0.6) is 11.5 Å². The van der Waals surface area contributed by atoms with E-state index >= 15 is 0 Å². The Kier molecular flexibility index (Phi) is 3.88. The molecule has 0 aliphatic carbocycles. The molecule has 1 aromatic heterocycles. The molecule has 0 radical (unpaired) electrons. The monoisotopic (exact) mass is 356 g/mol. The van der Waals surface area contributed by atoms with E-state index in [1.54, 1.807) is 24.3 Å². The lowest BCUT2D eigenvalue weighted by Gasteiger charge is -2.18. The van der Waals surface area contributed by atoms with Crippen molar-refractivity contribution < 1.29 is 28.3 Å². The van der Waals surface area contributed by atoms with Gasteiger partial charge in [0.2, 0.25) is 5.89 Å². The van der Waals surface area contributed by atoms with Crippen molar-refractivity contribution in [2.75, 3.05) is 13.2 Å². The van der Waals surface area contributed by atoms with E-state index in [-0.39, 0.29) is 36.2 Å². The van der Waals surface area contributed by atoms with E-state index in [0.29, 0.717) is 17.7 Å². The number of hydrogen-bond acceptors (Lipinski definition) is 8. The van der Waals surface area contributed by atoms with Crippen LogP contribution in [0.15, 0.2) is 40.8 Å². The highest BCUT2D eigenvalue weighted by Crippen LogP contribution is 2.37. The number of benzene rings is 2. The fourth-order valence-electron chi connectivity index (χ4n) is 2.58. The molecule has 26 heavy (non-hydrogen) atoms.